The van der Waals surface area contributed by atoms with E-state index in [1.54, 1.807) is 12.3 Å². The number of aromatic hydroxyl groups is 1. The van der Waals surface area contributed by atoms with Crippen molar-refractivity contribution in [2.75, 3.05) is 7.11 Å². The fourth-order valence-corrected chi connectivity index (χ4v) is 0.719. The van der Waals surface area contributed by atoms with Gasteiger partial charge in [0.2, 0.25) is 6.41 Å². The second-order valence-electron chi connectivity index (χ2n) is 2.89. The number of aromatic nitrogens is 1. The number of hydrogen-bond donors (Lipinski definition) is 3. The highest BCUT2D eigenvalue weighted by molar-refractivity contribution is 5.75. The van der Waals surface area contributed by atoms with Crippen LogP contribution in [0.5, 0.6) is 11.5 Å². The molecule has 1 unspecified atom stereocenters. The number of hydrogen-bond acceptors (Lipinski definition) is 5. The Kier molecular flexibility index (Phi) is 6.84. The number of carbonyl (C=O) groups is 2. The Morgan fingerprint density at radius 2 is 2.29 bits per heavy atom. The Hall–Kier alpha value is -2.31. The van der Waals surface area contributed by atoms with Crippen LogP contribution in [0.2, 0.25) is 0 Å². The SMILES string of the molecule is CC(NC=O)C(=O)O.COc1ccncc1O. The van der Waals surface area contributed by atoms with Crippen molar-refractivity contribution in [2.24, 2.45) is 0 Å². The predicted molar refractivity (Wildman–Crippen MR) is 58.8 cm³/mol. The number of rotatable bonds is 4. The van der Waals surface area contributed by atoms with E-state index in [2.05, 4.69) is 10.3 Å². The van der Waals surface area contributed by atoms with Gasteiger partial charge in [0.15, 0.2) is 11.5 Å². The van der Waals surface area contributed by atoms with Gasteiger partial charge in [-0.15, -0.1) is 0 Å². The Balaban J connectivity index is 0.000000304. The van der Waals surface area contributed by atoms with Crippen molar-refractivity contribution in [3.05, 3.63) is 18.5 Å². The first-order chi connectivity index (χ1) is 8.02. The molecule has 0 aliphatic heterocycles. The quantitative estimate of drug-likeness (QED) is 0.641. The molecule has 7 heteroatoms. The van der Waals surface area contributed by atoms with E-state index >= 15 is 0 Å². The van der Waals surface area contributed by atoms with Crippen LogP contribution in [0.4, 0.5) is 0 Å². The van der Waals surface area contributed by atoms with Gasteiger partial charge in [-0.2, -0.15) is 0 Å². The lowest BCUT2D eigenvalue weighted by Crippen LogP contribution is -2.32. The van der Waals surface area contributed by atoms with Crippen molar-refractivity contribution in [3.63, 3.8) is 0 Å². The van der Waals surface area contributed by atoms with E-state index in [0.717, 1.165) is 0 Å². The van der Waals surface area contributed by atoms with E-state index in [4.69, 9.17) is 14.9 Å². The maximum Gasteiger partial charge on any atom is 0.325 e. The van der Waals surface area contributed by atoms with Gasteiger partial charge in [-0.1, -0.05) is 0 Å². The van der Waals surface area contributed by atoms with Crippen molar-refractivity contribution in [3.8, 4) is 11.5 Å². The molecular formula is C10H14N2O5. The van der Waals surface area contributed by atoms with Crippen LogP contribution in [0.25, 0.3) is 0 Å². The summed E-state index contributed by atoms with van der Waals surface area (Å²) in [5.41, 5.74) is 0. The maximum atomic E-state index is 9.87. The van der Waals surface area contributed by atoms with Crippen LogP contribution in [-0.4, -0.2) is 40.7 Å². The van der Waals surface area contributed by atoms with Crippen molar-refractivity contribution in [2.45, 2.75) is 13.0 Å². The fraction of sp³-hybridized carbons (Fsp3) is 0.300. The number of pyridine rings is 1. The average molecular weight is 242 g/mol. The van der Waals surface area contributed by atoms with Crippen molar-refractivity contribution < 1.29 is 24.5 Å². The highest BCUT2D eigenvalue weighted by Gasteiger charge is 2.06. The van der Waals surface area contributed by atoms with Crippen LogP contribution in [0, 0.1) is 0 Å². The van der Waals surface area contributed by atoms with Crippen LogP contribution >= 0.6 is 0 Å². The minimum atomic E-state index is -1.03. The van der Waals surface area contributed by atoms with Crippen LogP contribution in [0.1, 0.15) is 6.92 Å². The van der Waals surface area contributed by atoms with E-state index in [-0.39, 0.29) is 5.75 Å². The minimum Gasteiger partial charge on any atom is -0.503 e. The van der Waals surface area contributed by atoms with Crippen LogP contribution < -0.4 is 10.1 Å². The van der Waals surface area contributed by atoms with Crippen LogP contribution in [-0.2, 0) is 9.59 Å². The predicted octanol–water partition coefficient (Wildman–Crippen LogP) is 0.00130. The van der Waals surface area contributed by atoms with Gasteiger partial charge in [-0.05, 0) is 6.92 Å². The average Bonchev–Trinajstić information content (AvgIpc) is 2.31. The third kappa shape index (κ3) is 5.98. The molecule has 1 aromatic heterocycles. The molecule has 0 aliphatic rings. The summed E-state index contributed by atoms with van der Waals surface area (Å²) >= 11 is 0. The summed E-state index contributed by atoms with van der Waals surface area (Å²) in [6.07, 6.45) is 3.25. The summed E-state index contributed by atoms with van der Waals surface area (Å²) in [6.45, 7) is 1.39. The van der Waals surface area contributed by atoms with Gasteiger partial charge >= 0.3 is 5.97 Å². The lowest BCUT2D eigenvalue weighted by Gasteiger charge is -2.00. The Morgan fingerprint density at radius 3 is 2.59 bits per heavy atom. The van der Waals surface area contributed by atoms with E-state index in [9.17, 15) is 9.59 Å². The zero-order valence-electron chi connectivity index (χ0n) is 9.45. The zero-order valence-corrected chi connectivity index (χ0v) is 9.45. The number of amides is 1. The molecule has 3 N–H and O–H groups in total. The summed E-state index contributed by atoms with van der Waals surface area (Å²) in [6, 6.07) is 0.808. The normalized spacial score (nSPS) is 10.5. The van der Waals surface area contributed by atoms with Crippen molar-refractivity contribution in [1.82, 2.24) is 10.3 Å². The highest BCUT2D eigenvalue weighted by Crippen LogP contribution is 2.21. The molecule has 0 fully saturated rings. The van der Waals surface area contributed by atoms with Crippen LogP contribution in [0.15, 0.2) is 18.5 Å². The number of ether oxygens (including phenoxy) is 1. The first-order valence-corrected chi connectivity index (χ1v) is 4.62. The number of nitrogens with one attached hydrogen (secondary N) is 1. The molecule has 0 saturated carbocycles. The lowest BCUT2D eigenvalue weighted by molar-refractivity contribution is -0.140. The summed E-state index contributed by atoms with van der Waals surface area (Å²) < 4.78 is 4.75. The third-order valence-electron chi connectivity index (χ3n) is 1.67. The van der Waals surface area contributed by atoms with Gasteiger partial charge in [0.25, 0.3) is 0 Å². The molecule has 0 spiro atoms. The molecule has 1 atom stereocenters. The van der Waals surface area contributed by atoms with E-state index < -0.39 is 12.0 Å². The minimum absolute atomic E-state index is 0.0694. The van der Waals surface area contributed by atoms with Gasteiger partial charge in [0.05, 0.1) is 13.3 Å². The second kappa shape index (κ2) is 7.91. The summed E-state index contributed by atoms with van der Waals surface area (Å²) in [5.74, 6) is -0.512. The van der Waals surface area contributed by atoms with E-state index in [1.807, 2.05) is 0 Å². The molecule has 1 rings (SSSR count). The fourth-order valence-electron chi connectivity index (χ4n) is 0.719. The molecule has 0 saturated heterocycles. The number of nitrogens with zero attached hydrogens (tertiary/aromatic N) is 1. The molecule has 1 aromatic rings. The smallest absolute Gasteiger partial charge is 0.325 e. The molecule has 0 aliphatic carbocycles. The highest BCUT2D eigenvalue weighted by atomic mass is 16.5. The number of carboxylic acids is 1. The number of carbonyl (C=O) groups excluding carboxylic acids is 1. The van der Waals surface area contributed by atoms with Crippen molar-refractivity contribution in [1.29, 1.82) is 0 Å². The zero-order chi connectivity index (χ0) is 13.3. The molecule has 0 aromatic carbocycles. The Morgan fingerprint density at radius 1 is 1.65 bits per heavy atom. The van der Waals surface area contributed by atoms with E-state index in [1.165, 1.54) is 20.2 Å². The van der Waals surface area contributed by atoms with Gasteiger partial charge in [0.1, 0.15) is 6.04 Å². The largest absolute Gasteiger partial charge is 0.503 e. The topological polar surface area (TPSA) is 109 Å². The molecule has 7 nitrogen and oxygen atoms in total. The van der Waals surface area contributed by atoms with E-state index in [0.29, 0.717) is 12.2 Å². The number of carboxylic acid groups (broad SMARTS) is 1. The number of aliphatic carboxylic acids is 1. The maximum absolute atomic E-state index is 9.87. The Bertz CT molecular complexity index is 369. The lowest BCUT2D eigenvalue weighted by atomic mass is 10.4. The van der Waals surface area contributed by atoms with Gasteiger partial charge in [0, 0.05) is 12.3 Å². The summed E-state index contributed by atoms with van der Waals surface area (Å²) in [4.78, 5) is 23.1. The summed E-state index contributed by atoms with van der Waals surface area (Å²) in [5, 5.41) is 19.1. The monoisotopic (exact) mass is 242 g/mol. The molecule has 17 heavy (non-hydrogen) atoms. The second-order valence-corrected chi connectivity index (χ2v) is 2.89. The molecule has 0 radical (unpaired) electrons. The van der Waals surface area contributed by atoms with Gasteiger partial charge in [-0.3, -0.25) is 14.6 Å². The van der Waals surface area contributed by atoms with Gasteiger partial charge < -0.3 is 20.3 Å². The van der Waals surface area contributed by atoms with Crippen LogP contribution in [0.3, 0.4) is 0 Å². The molecule has 0 bridgehead atoms. The standard InChI is InChI=1S/C6H7NO2.C4H7NO3/c1-9-6-2-3-7-4-5(6)8;1-3(4(7)8)5-2-6/h2-4,8H,1H3;2-3H,1H3,(H,5,6)(H,7,8). The summed E-state index contributed by atoms with van der Waals surface area (Å²) in [7, 11) is 1.50. The first-order valence-electron chi connectivity index (χ1n) is 4.62. The first kappa shape index (κ1) is 14.7. The van der Waals surface area contributed by atoms with Crippen molar-refractivity contribution >= 4 is 12.4 Å². The van der Waals surface area contributed by atoms with Gasteiger partial charge in [-0.25, -0.2) is 0 Å². The molecule has 1 amide bonds. The molecular weight excluding hydrogens is 228 g/mol. The molecule has 94 valence electrons. The molecule has 1 heterocycles. The number of methoxy groups -OCH3 is 1. The Labute approximate surface area is 98.1 Å². The third-order valence-corrected chi connectivity index (χ3v) is 1.67.